The van der Waals surface area contributed by atoms with Crippen LogP contribution in [0, 0.1) is 0 Å². The van der Waals surface area contributed by atoms with Crippen molar-refractivity contribution in [3.05, 3.63) is 83.4 Å². The van der Waals surface area contributed by atoms with Crippen LogP contribution in [-0.4, -0.2) is 28.4 Å². The predicted molar refractivity (Wildman–Crippen MR) is 98.2 cm³/mol. The van der Waals surface area contributed by atoms with Crippen molar-refractivity contribution in [2.24, 2.45) is 7.05 Å². The summed E-state index contributed by atoms with van der Waals surface area (Å²) in [6, 6.07) is 14.0. The molecule has 0 fully saturated rings. The number of carbonyl (C=O) groups is 2. The molecule has 26 heavy (non-hydrogen) atoms. The van der Waals surface area contributed by atoms with Gasteiger partial charge in [0.1, 0.15) is 0 Å². The van der Waals surface area contributed by atoms with Crippen LogP contribution >= 0.6 is 0 Å². The van der Waals surface area contributed by atoms with Gasteiger partial charge in [0.15, 0.2) is 5.82 Å². The van der Waals surface area contributed by atoms with Gasteiger partial charge < -0.3 is 14.6 Å². The Kier molecular flexibility index (Phi) is 5.24. The number of amides is 1. The number of anilines is 1. The van der Waals surface area contributed by atoms with Gasteiger partial charge in [0.05, 0.1) is 6.61 Å². The molecule has 0 unspecified atom stereocenters. The molecule has 0 aliphatic heterocycles. The smallest absolute Gasteiger partial charge is 0.255 e. The normalized spacial score (nSPS) is 10.5. The van der Waals surface area contributed by atoms with Gasteiger partial charge in [0.25, 0.3) is 5.91 Å². The van der Waals surface area contributed by atoms with Crippen LogP contribution in [0.15, 0.2) is 60.9 Å². The van der Waals surface area contributed by atoms with Gasteiger partial charge in [-0.05, 0) is 42.0 Å². The average molecular weight is 349 g/mol. The molecular formula is C20H19N3O3. The number of nitrogens with one attached hydrogen (secondary N) is 1. The van der Waals surface area contributed by atoms with Crippen molar-refractivity contribution < 1.29 is 14.3 Å². The summed E-state index contributed by atoms with van der Waals surface area (Å²) in [5.74, 6) is -0.000753. The summed E-state index contributed by atoms with van der Waals surface area (Å²) in [5.41, 5.74) is 2.69. The van der Waals surface area contributed by atoms with Crippen molar-refractivity contribution in [1.29, 1.82) is 0 Å². The monoisotopic (exact) mass is 349 g/mol. The highest BCUT2D eigenvalue weighted by molar-refractivity contribution is 6.07. The van der Waals surface area contributed by atoms with Crippen molar-refractivity contribution in [2.75, 3.05) is 12.4 Å². The van der Waals surface area contributed by atoms with Crippen LogP contribution in [0.4, 0.5) is 5.69 Å². The first-order valence-electron chi connectivity index (χ1n) is 8.10. The number of aromatic nitrogens is 2. The van der Waals surface area contributed by atoms with E-state index in [9.17, 15) is 9.59 Å². The molecule has 0 spiro atoms. The van der Waals surface area contributed by atoms with Gasteiger partial charge in [-0.15, -0.1) is 0 Å². The van der Waals surface area contributed by atoms with Crippen LogP contribution in [0.2, 0.25) is 0 Å². The predicted octanol–water partition coefficient (Wildman–Crippen LogP) is 3.05. The first-order chi connectivity index (χ1) is 12.6. The SMILES string of the molecule is COCc1ccc(C(=O)Nc2ccc(C(=O)c3nccn3C)cc2)cc1. The second kappa shape index (κ2) is 7.76. The van der Waals surface area contributed by atoms with Gasteiger partial charge in [0.2, 0.25) is 5.78 Å². The highest BCUT2D eigenvalue weighted by atomic mass is 16.5. The first kappa shape index (κ1) is 17.6. The van der Waals surface area contributed by atoms with Gasteiger partial charge in [-0.3, -0.25) is 9.59 Å². The van der Waals surface area contributed by atoms with Gasteiger partial charge >= 0.3 is 0 Å². The van der Waals surface area contributed by atoms with E-state index in [1.165, 1.54) is 0 Å². The van der Waals surface area contributed by atoms with Gasteiger partial charge in [-0.2, -0.15) is 0 Å². The van der Waals surface area contributed by atoms with Crippen LogP contribution in [0.5, 0.6) is 0 Å². The number of hydrogen-bond acceptors (Lipinski definition) is 4. The molecule has 0 bridgehead atoms. The number of imidazole rings is 1. The van der Waals surface area contributed by atoms with E-state index in [0.717, 1.165) is 5.56 Å². The summed E-state index contributed by atoms with van der Waals surface area (Å²) in [4.78, 5) is 28.8. The summed E-state index contributed by atoms with van der Waals surface area (Å²) in [7, 11) is 3.40. The maximum absolute atomic E-state index is 12.4. The number of aryl methyl sites for hydroxylation is 1. The number of nitrogens with zero attached hydrogens (tertiary/aromatic N) is 2. The lowest BCUT2D eigenvalue weighted by molar-refractivity contribution is 0.102. The number of benzene rings is 2. The van der Waals surface area contributed by atoms with Crippen LogP contribution in [0.25, 0.3) is 0 Å². The van der Waals surface area contributed by atoms with Crippen molar-refractivity contribution in [3.8, 4) is 0 Å². The minimum atomic E-state index is -0.211. The Hall–Kier alpha value is -3.25. The standard InChI is InChI=1S/C20H19N3O3/c1-23-12-11-21-19(23)18(24)15-7-9-17(10-8-15)22-20(25)16-5-3-14(4-6-16)13-26-2/h3-12H,13H2,1-2H3,(H,22,25). The van der Waals surface area contributed by atoms with Crippen molar-refractivity contribution >= 4 is 17.4 Å². The van der Waals surface area contributed by atoms with E-state index >= 15 is 0 Å². The highest BCUT2D eigenvalue weighted by Crippen LogP contribution is 2.14. The molecule has 0 radical (unpaired) electrons. The fourth-order valence-corrected chi connectivity index (χ4v) is 2.54. The van der Waals surface area contributed by atoms with E-state index in [1.807, 2.05) is 12.1 Å². The molecule has 3 rings (SSSR count). The average Bonchev–Trinajstić information content (AvgIpc) is 3.08. The Balaban J connectivity index is 1.68. The van der Waals surface area contributed by atoms with Crippen LogP contribution < -0.4 is 5.32 Å². The number of rotatable bonds is 6. The van der Waals surface area contributed by atoms with E-state index in [-0.39, 0.29) is 11.7 Å². The summed E-state index contributed by atoms with van der Waals surface area (Å²) in [6.07, 6.45) is 3.31. The number of hydrogen-bond donors (Lipinski definition) is 1. The largest absolute Gasteiger partial charge is 0.380 e. The Labute approximate surface area is 151 Å². The molecule has 3 aromatic rings. The molecule has 1 amide bonds. The summed E-state index contributed by atoms with van der Waals surface area (Å²) in [6.45, 7) is 0.507. The molecule has 0 aliphatic rings. The molecule has 0 aliphatic carbocycles. The molecule has 6 nitrogen and oxygen atoms in total. The lowest BCUT2D eigenvalue weighted by Gasteiger charge is -2.07. The number of ketones is 1. The minimum Gasteiger partial charge on any atom is -0.380 e. The van der Waals surface area contributed by atoms with Crippen LogP contribution in [-0.2, 0) is 18.4 Å². The molecule has 1 N–H and O–H groups in total. The maximum Gasteiger partial charge on any atom is 0.255 e. The van der Waals surface area contributed by atoms with E-state index in [0.29, 0.717) is 29.2 Å². The van der Waals surface area contributed by atoms with Crippen molar-refractivity contribution in [3.63, 3.8) is 0 Å². The lowest BCUT2D eigenvalue weighted by atomic mass is 10.1. The quantitative estimate of drug-likeness (QED) is 0.694. The van der Waals surface area contributed by atoms with E-state index in [1.54, 1.807) is 67.5 Å². The highest BCUT2D eigenvalue weighted by Gasteiger charge is 2.14. The fraction of sp³-hybridized carbons (Fsp3) is 0.150. The third-order valence-electron chi connectivity index (χ3n) is 3.96. The van der Waals surface area contributed by atoms with Crippen LogP contribution in [0.1, 0.15) is 32.1 Å². The Morgan fingerprint density at radius 3 is 2.27 bits per heavy atom. The summed E-state index contributed by atoms with van der Waals surface area (Å²) >= 11 is 0. The van der Waals surface area contributed by atoms with E-state index < -0.39 is 0 Å². The van der Waals surface area contributed by atoms with Crippen molar-refractivity contribution in [2.45, 2.75) is 6.61 Å². The molecule has 0 saturated carbocycles. The zero-order valence-corrected chi connectivity index (χ0v) is 14.6. The Morgan fingerprint density at radius 1 is 1.04 bits per heavy atom. The Bertz CT molecular complexity index is 912. The second-order valence-corrected chi connectivity index (χ2v) is 5.85. The molecule has 0 saturated heterocycles. The van der Waals surface area contributed by atoms with E-state index in [4.69, 9.17) is 4.74 Å². The first-order valence-corrected chi connectivity index (χ1v) is 8.10. The van der Waals surface area contributed by atoms with Gasteiger partial charge in [0, 0.05) is 43.4 Å². The molecule has 0 atom stereocenters. The maximum atomic E-state index is 12.4. The number of carbonyl (C=O) groups excluding carboxylic acids is 2. The zero-order valence-electron chi connectivity index (χ0n) is 14.6. The summed E-state index contributed by atoms with van der Waals surface area (Å²) in [5, 5.41) is 2.82. The second-order valence-electron chi connectivity index (χ2n) is 5.85. The third-order valence-corrected chi connectivity index (χ3v) is 3.96. The minimum absolute atomic E-state index is 0.163. The zero-order chi connectivity index (χ0) is 18.5. The molecule has 2 aromatic carbocycles. The molecular weight excluding hydrogens is 330 g/mol. The number of ether oxygens (including phenoxy) is 1. The number of methoxy groups -OCH3 is 1. The van der Waals surface area contributed by atoms with Crippen LogP contribution in [0.3, 0.4) is 0 Å². The fourth-order valence-electron chi connectivity index (χ4n) is 2.54. The molecule has 6 heteroatoms. The van der Waals surface area contributed by atoms with Gasteiger partial charge in [-0.1, -0.05) is 12.1 Å². The Morgan fingerprint density at radius 2 is 1.69 bits per heavy atom. The lowest BCUT2D eigenvalue weighted by Crippen LogP contribution is -2.12. The molecule has 132 valence electrons. The van der Waals surface area contributed by atoms with Crippen molar-refractivity contribution in [1.82, 2.24) is 9.55 Å². The topological polar surface area (TPSA) is 73.2 Å². The van der Waals surface area contributed by atoms with Gasteiger partial charge in [-0.25, -0.2) is 4.98 Å². The molecule has 1 heterocycles. The third kappa shape index (κ3) is 3.87. The molecule has 1 aromatic heterocycles. The van der Waals surface area contributed by atoms with E-state index in [2.05, 4.69) is 10.3 Å². The summed E-state index contributed by atoms with van der Waals surface area (Å²) < 4.78 is 6.73.